The molecule has 0 spiro atoms. The highest BCUT2D eigenvalue weighted by Gasteiger charge is 2.30. The molecule has 0 aliphatic heterocycles. The number of azide groups is 1. The average Bonchev–Trinajstić information content (AvgIpc) is 2.28. The van der Waals surface area contributed by atoms with Crippen molar-refractivity contribution in [2.24, 2.45) is 5.11 Å². The monoisotopic (exact) mass is 242 g/mol. The number of rotatable bonds is 4. The molecule has 0 fully saturated rings. The van der Waals surface area contributed by atoms with Crippen molar-refractivity contribution in [2.45, 2.75) is 12.6 Å². The van der Waals surface area contributed by atoms with Crippen LogP contribution in [0.5, 0.6) is 0 Å². The van der Waals surface area contributed by atoms with E-state index in [1.54, 1.807) is 6.08 Å². The van der Waals surface area contributed by atoms with Gasteiger partial charge in [-0.3, -0.25) is 4.98 Å². The number of pyridine rings is 1. The molecule has 0 amide bonds. The van der Waals surface area contributed by atoms with Gasteiger partial charge in [0, 0.05) is 23.9 Å². The van der Waals surface area contributed by atoms with Gasteiger partial charge in [-0.15, -0.1) is 0 Å². The molecular formula is C10H9F3N4. The Morgan fingerprint density at radius 3 is 2.82 bits per heavy atom. The van der Waals surface area contributed by atoms with Crippen LogP contribution in [0.3, 0.4) is 0 Å². The van der Waals surface area contributed by atoms with Gasteiger partial charge in [-0.1, -0.05) is 17.3 Å². The Labute approximate surface area is 95.4 Å². The highest BCUT2D eigenvalue weighted by molar-refractivity contribution is 5.48. The normalized spacial score (nSPS) is 11.5. The summed E-state index contributed by atoms with van der Waals surface area (Å²) in [6.07, 6.45) is 1.33. The first kappa shape index (κ1) is 13.1. The summed E-state index contributed by atoms with van der Waals surface area (Å²) in [7, 11) is 0. The minimum atomic E-state index is -4.39. The largest absolute Gasteiger partial charge is 0.417 e. The first-order chi connectivity index (χ1) is 8.04. The molecule has 0 radical (unpaired) electrons. The van der Waals surface area contributed by atoms with Crippen LogP contribution in [0.1, 0.15) is 17.5 Å². The molecule has 0 unspecified atom stereocenters. The summed E-state index contributed by atoms with van der Waals surface area (Å²) in [5.41, 5.74) is 7.59. The summed E-state index contributed by atoms with van der Waals surface area (Å²) < 4.78 is 37.0. The summed E-state index contributed by atoms with van der Waals surface area (Å²) in [6.45, 7) is 0.277. The molecule has 0 bridgehead atoms. The molecular weight excluding hydrogens is 233 g/mol. The van der Waals surface area contributed by atoms with Crippen LogP contribution in [0.25, 0.3) is 16.5 Å². The van der Waals surface area contributed by atoms with E-state index >= 15 is 0 Å². The highest BCUT2D eigenvalue weighted by Crippen LogP contribution is 2.29. The summed E-state index contributed by atoms with van der Waals surface area (Å²) in [4.78, 5) is 6.07. The van der Waals surface area contributed by atoms with Crippen LogP contribution in [0.2, 0.25) is 0 Å². The van der Waals surface area contributed by atoms with Crippen LogP contribution in [0.15, 0.2) is 29.7 Å². The zero-order valence-electron chi connectivity index (χ0n) is 8.72. The molecule has 90 valence electrons. The Bertz CT molecular complexity index is 447. The van der Waals surface area contributed by atoms with E-state index in [4.69, 9.17) is 5.53 Å². The van der Waals surface area contributed by atoms with Gasteiger partial charge in [0.05, 0.1) is 5.56 Å². The Morgan fingerprint density at radius 2 is 2.18 bits per heavy atom. The van der Waals surface area contributed by atoms with Crippen LogP contribution in [-0.2, 0) is 6.18 Å². The zero-order chi connectivity index (χ0) is 12.7. The van der Waals surface area contributed by atoms with Gasteiger partial charge in [0.2, 0.25) is 0 Å². The molecule has 1 heterocycles. The third-order valence-corrected chi connectivity index (χ3v) is 1.86. The predicted octanol–water partition coefficient (Wildman–Crippen LogP) is 3.81. The number of aromatic nitrogens is 1. The highest BCUT2D eigenvalue weighted by atomic mass is 19.4. The Morgan fingerprint density at radius 1 is 1.41 bits per heavy atom. The van der Waals surface area contributed by atoms with Crippen molar-refractivity contribution in [3.63, 3.8) is 0 Å². The topological polar surface area (TPSA) is 61.7 Å². The maximum absolute atomic E-state index is 12.3. The van der Waals surface area contributed by atoms with Gasteiger partial charge in [-0.2, -0.15) is 13.2 Å². The van der Waals surface area contributed by atoms with Crippen LogP contribution in [-0.4, -0.2) is 11.5 Å². The fraction of sp³-hybridized carbons (Fsp3) is 0.300. The molecule has 1 rings (SSSR count). The van der Waals surface area contributed by atoms with E-state index < -0.39 is 11.7 Å². The first-order valence-corrected chi connectivity index (χ1v) is 4.73. The van der Waals surface area contributed by atoms with E-state index in [-0.39, 0.29) is 6.54 Å². The fourth-order valence-corrected chi connectivity index (χ4v) is 1.10. The third kappa shape index (κ3) is 4.56. The smallest absolute Gasteiger partial charge is 0.263 e. The maximum atomic E-state index is 12.3. The zero-order valence-corrected chi connectivity index (χ0v) is 8.72. The molecule has 0 N–H and O–H groups in total. The third-order valence-electron chi connectivity index (χ3n) is 1.86. The summed E-state index contributed by atoms with van der Waals surface area (Å²) in [5.74, 6) is 0. The van der Waals surface area contributed by atoms with Crippen LogP contribution in [0, 0.1) is 0 Å². The maximum Gasteiger partial charge on any atom is 0.417 e. The molecule has 1 aromatic heterocycles. The van der Waals surface area contributed by atoms with E-state index in [9.17, 15) is 13.2 Å². The van der Waals surface area contributed by atoms with Crippen molar-refractivity contribution < 1.29 is 13.2 Å². The van der Waals surface area contributed by atoms with Crippen LogP contribution < -0.4 is 0 Å². The lowest BCUT2D eigenvalue weighted by atomic mass is 10.2. The van der Waals surface area contributed by atoms with Crippen molar-refractivity contribution >= 4 is 6.08 Å². The summed E-state index contributed by atoms with van der Waals surface area (Å²) >= 11 is 0. The molecule has 7 heteroatoms. The molecule has 4 nitrogen and oxygen atoms in total. The number of halogens is 3. The van der Waals surface area contributed by atoms with Gasteiger partial charge < -0.3 is 0 Å². The van der Waals surface area contributed by atoms with Gasteiger partial charge in [-0.05, 0) is 23.6 Å². The average molecular weight is 242 g/mol. The van der Waals surface area contributed by atoms with Crippen LogP contribution >= 0.6 is 0 Å². The van der Waals surface area contributed by atoms with Gasteiger partial charge in [0.25, 0.3) is 0 Å². The van der Waals surface area contributed by atoms with Gasteiger partial charge in [0.1, 0.15) is 0 Å². The molecule has 0 aliphatic carbocycles. The second kappa shape index (κ2) is 5.91. The minimum Gasteiger partial charge on any atom is -0.263 e. The van der Waals surface area contributed by atoms with Crippen molar-refractivity contribution in [2.75, 3.05) is 6.54 Å². The van der Waals surface area contributed by atoms with Crippen LogP contribution in [0.4, 0.5) is 13.2 Å². The lowest BCUT2D eigenvalue weighted by Gasteiger charge is -2.05. The number of hydrogen-bond acceptors (Lipinski definition) is 2. The van der Waals surface area contributed by atoms with E-state index in [2.05, 4.69) is 15.0 Å². The number of nitrogens with zero attached hydrogens (tertiary/aromatic N) is 4. The SMILES string of the molecule is [N-]=[N+]=NCCC=Cc1cncc(C(F)(F)F)c1. The Balaban J connectivity index is 2.69. The standard InChI is InChI=1S/C10H9F3N4/c11-10(12,13)9-5-8(6-15-7-9)3-1-2-4-16-17-14/h1,3,5-7H,2,4H2. The second-order valence-electron chi connectivity index (χ2n) is 3.15. The first-order valence-electron chi connectivity index (χ1n) is 4.73. The van der Waals surface area contributed by atoms with Crippen molar-refractivity contribution in [1.82, 2.24) is 4.98 Å². The van der Waals surface area contributed by atoms with Crippen molar-refractivity contribution in [3.05, 3.63) is 46.1 Å². The molecule has 1 aromatic rings. The van der Waals surface area contributed by atoms with Gasteiger partial charge >= 0.3 is 6.18 Å². The van der Waals surface area contributed by atoms with E-state index in [1.165, 1.54) is 12.3 Å². The summed E-state index contributed by atoms with van der Waals surface area (Å²) in [6, 6.07) is 1.01. The molecule has 0 saturated carbocycles. The number of hydrogen-bond donors (Lipinski definition) is 0. The second-order valence-corrected chi connectivity index (χ2v) is 3.15. The van der Waals surface area contributed by atoms with Gasteiger partial charge in [0.15, 0.2) is 0 Å². The lowest BCUT2D eigenvalue weighted by Crippen LogP contribution is -2.05. The molecule has 0 atom stereocenters. The summed E-state index contributed by atoms with van der Waals surface area (Å²) in [5, 5.41) is 3.29. The molecule has 17 heavy (non-hydrogen) atoms. The van der Waals surface area contributed by atoms with Crippen molar-refractivity contribution in [3.8, 4) is 0 Å². The molecule has 0 aromatic carbocycles. The van der Waals surface area contributed by atoms with Crippen molar-refractivity contribution in [1.29, 1.82) is 0 Å². The lowest BCUT2D eigenvalue weighted by molar-refractivity contribution is -0.137. The minimum absolute atomic E-state index is 0.277. The van der Waals surface area contributed by atoms with E-state index in [0.29, 0.717) is 12.0 Å². The Hall–Kier alpha value is -2.01. The Kier molecular flexibility index (Phi) is 4.54. The fourth-order valence-electron chi connectivity index (χ4n) is 1.10. The van der Waals surface area contributed by atoms with Gasteiger partial charge in [-0.25, -0.2) is 0 Å². The molecule has 0 aliphatic rings. The predicted molar refractivity (Wildman–Crippen MR) is 56.9 cm³/mol. The van der Waals surface area contributed by atoms with E-state index in [1.807, 2.05) is 0 Å². The van der Waals surface area contributed by atoms with E-state index in [0.717, 1.165) is 12.3 Å². The quantitative estimate of drug-likeness (QED) is 0.342. The number of alkyl halides is 3. The molecule has 0 saturated heterocycles.